The van der Waals surface area contributed by atoms with Crippen LogP contribution in [0.5, 0.6) is 0 Å². The molecule has 0 heterocycles. The van der Waals surface area contributed by atoms with Gasteiger partial charge in [-0.1, -0.05) is 25.0 Å². The summed E-state index contributed by atoms with van der Waals surface area (Å²) in [4.78, 5) is 22.2. The molecule has 102 valence electrons. The van der Waals surface area contributed by atoms with Crippen LogP contribution >= 0.6 is 0 Å². The molecule has 1 aromatic carbocycles. The van der Waals surface area contributed by atoms with Gasteiger partial charge < -0.3 is 5.32 Å². The van der Waals surface area contributed by atoms with Crippen molar-refractivity contribution >= 4 is 11.6 Å². The van der Waals surface area contributed by atoms with Crippen LogP contribution in [0, 0.1) is 10.1 Å². The number of nitro groups is 1. The number of rotatable bonds is 4. The van der Waals surface area contributed by atoms with E-state index < -0.39 is 4.92 Å². The molecule has 0 unspecified atom stereocenters. The molecule has 1 aromatic rings. The predicted octanol–water partition coefficient (Wildman–Crippen LogP) is 2.76. The molecule has 5 nitrogen and oxygen atoms in total. The molecule has 1 N–H and O–H groups in total. The summed E-state index contributed by atoms with van der Waals surface area (Å²) < 4.78 is 0. The Morgan fingerprint density at radius 2 is 1.89 bits per heavy atom. The molecule has 5 heteroatoms. The Kier molecular flexibility index (Phi) is 4.14. The number of hydrogen-bond donors (Lipinski definition) is 1. The van der Waals surface area contributed by atoms with E-state index in [2.05, 4.69) is 5.32 Å². The number of nitrogens with one attached hydrogen (secondary N) is 1. The second-order valence-electron chi connectivity index (χ2n) is 5.06. The van der Waals surface area contributed by atoms with E-state index in [0.717, 1.165) is 18.4 Å². The van der Waals surface area contributed by atoms with Gasteiger partial charge in [0, 0.05) is 18.2 Å². The Hall–Kier alpha value is -1.91. The third-order valence-corrected chi connectivity index (χ3v) is 3.70. The van der Waals surface area contributed by atoms with Crippen molar-refractivity contribution in [2.75, 3.05) is 0 Å². The molecule has 1 amide bonds. The molecule has 0 saturated heterocycles. The van der Waals surface area contributed by atoms with E-state index in [-0.39, 0.29) is 17.5 Å². The van der Waals surface area contributed by atoms with Crippen molar-refractivity contribution in [3.8, 4) is 0 Å². The zero-order valence-corrected chi connectivity index (χ0v) is 11.0. The van der Waals surface area contributed by atoms with Gasteiger partial charge in [0.1, 0.15) is 0 Å². The van der Waals surface area contributed by atoms with Gasteiger partial charge in [-0.3, -0.25) is 14.9 Å². The van der Waals surface area contributed by atoms with Gasteiger partial charge in [0.15, 0.2) is 0 Å². The average molecular weight is 262 g/mol. The number of nitrogens with zero attached hydrogens (tertiary/aromatic N) is 1. The summed E-state index contributed by atoms with van der Waals surface area (Å²) in [5.41, 5.74) is 0.855. The summed E-state index contributed by atoms with van der Waals surface area (Å²) in [6.07, 6.45) is 4.46. The molecule has 0 spiro atoms. The fourth-order valence-electron chi connectivity index (χ4n) is 2.43. The van der Waals surface area contributed by atoms with Gasteiger partial charge in [0.05, 0.1) is 10.8 Å². The highest BCUT2D eigenvalue weighted by Crippen LogP contribution is 2.22. The van der Waals surface area contributed by atoms with E-state index in [1.165, 1.54) is 25.0 Å². The zero-order chi connectivity index (χ0) is 13.8. The molecule has 0 bridgehead atoms. The molecule has 1 aliphatic carbocycles. The predicted molar refractivity (Wildman–Crippen MR) is 71.9 cm³/mol. The van der Waals surface area contributed by atoms with Crippen molar-refractivity contribution in [3.63, 3.8) is 0 Å². The molecule has 1 fully saturated rings. The van der Waals surface area contributed by atoms with E-state index in [9.17, 15) is 14.9 Å². The quantitative estimate of drug-likeness (QED) is 0.669. The Balaban J connectivity index is 1.99. The number of benzene rings is 1. The Bertz CT molecular complexity index is 464. The monoisotopic (exact) mass is 262 g/mol. The van der Waals surface area contributed by atoms with E-state index in [1.54, 1.807) is 12.1 Å². The van der Waals surface area contributed by atoms with Gasteiger partial charge in [-0.15, -0.1) is 0 Å². The molecule has 1 saturated carbocycles. The number of nitro benzene ring substituents is 1. The van der Waals surface area contributed by atoms with Crippen LogP contribution in [-0.2, 0) is 4.79 Å². The summed E-state index contributed by atoms with van der Waals surface area (Å²) in [7, 11) is 0. The lowest BCUT2D eigenvalue weighted by Crippen LogP contribution is -2.35. The van der Waals surface area contributed by atoms with Crippen molar-refractivity contribution in [1.29, 1.82) is 0 Å². The molecule has 0 aromatic heterocycles. The standard InChI is InChI=1S/C14H18N2O3/c1-10(14(17)15-12-4-2-3-5-12)11-6-8-13(9-7-11)16(18)19/h6-10,12H,2-5H2,1H3,(H,15,17)/t10-/m1/s1. The highest BCUT2D eigenvalue weighted by Gasteiger charge is 2.21. The molecular formula is C14H18N2O3. The minimum Gasteiger partial charge on any atom is -0.353 e. The van der Waals surface area contributed by atoms with Gasteiger partial charge in [-0.05, 0) is 25.3 Å². The van der Waals surface area contributed by atoms with Crippen LogP contribution in [0.25, 0.3) is 0 Å². The highest BCUT2D eigenvalue weighted by atomic mass is 16.6. The number of carbonyl (C=O) groups is 1. The first-order chi connectivity index (χ1) is 9.08. The van der Waals surface area contributed by atoms with E-state index in [0.29, 0.717) is 6.04 Å². The maximum atomic E-state index is 12.1. The maximum Gasteiger partial charge on any atom is 0.269 e. The van der Waals surface area contributed by atoms with Gasteiger partial charge in [0.25, 0.3) is 5.69 Å². The maximum absolute atomic E-state index is 12.1. The van der Waals surface area contributed by atoms with Crippen LogP contribution in [0.15, 0.2) is 24.3 Å². The molecular weight excluding hydrogens is 244 g/mol. The van der Waals surface area contributed by atoms with Crippen LogP contribution in [0.3, 0.4) is 0 Å². The topological polar surface area (TPSA) is 72.2 Å². The van der Waals surface area contributed by atoms with Gasteiger partial charge in [0.2, 0.25) is 5.91 Å². The molecule has 0 radical (unpaired) electrons. The van der Waals surface area contributed by atoms with Crippen LogP contribution in [0.4, 0.5) is 5.69 Å². The highest BCUT2D eigenvalue weighted by molar-refractivity contribution is 5.83. The van der Waals surface area contributed by atoms with Crippen molar-refractivity contribution in [1.82, 2.24) is 5.32 Å². The van der Waals surface area contributed by atoms with Crippen molar-refractivity contribution in [2.24, 2.45) is 0 Å². The first kappa shape index (κ1) is 13.5. The average Bonchev–Trinajstić information content (AvgIpc) is 2.90. The summed E-state index contributed by atoms with van der Waals surface area (Å²) in [5, 5.41) is 13.6. The lowest BCUT2D eigenvalue weighted by molar-refractivity contribution is -0.384. The second-order valence-corrected chi connectivity index (χ2v) is 5.06. The Morgan fingerprint density at radius 3 is 2.42 bits per heavy atom. The van der Waals surface area contributed by atoms with Crippen molar-refractivity contribution in [3.05, 3.63) is 39.9 Å². The normalized spacial score (nSPS) is 17.1. The Morgan fingerprint density at radius 1 is 1.32 bits per heavy atom. The fourth-order valence-corrected chi connectivity index (χ4v) is 2.43. The SMILES string of the molecule is C[C@@H](C(=O)NC1CCCC1)c1ccc([N+](=O)[O-])cc1. The summed E-state index contributed by atoms with van der Waals surface area (Å²) in [5.74, 6) is -0.276. The van der Waals surface area contributed by atoms with Crippen molar-refractivity contribution < 1.29 is 9.72 Å². The van der Waals surface area contributed by atoms with Crippen molar-refractivity contribution in [2.45, 2.75) is 44.6 Å². The Labute approximate surface area is 112 Å². The summed E-state index contributed by atoms with van der Waals surface area (Å²) >= 11 is 0. The van der Waals surface area contributed by atoms with Gasteiger partial charge in [-0.2, -0.15) is 0 Å². The molecule has 1 atom stereocenters. The molecule has 2 rings (SSSR count). The van der Waals surface area contributed by atoms with E-state index in [4.69, 9.17) is 0 Å². The van der Waals surface area contributed by atoms with Gasteiger partial charge in [-0.25, -0.2) is 0 Å². The fraction of sp³-hybridized carbons (Fsp3) is 0.500. The zero-order valence-electron chi connectivity index (χ0n) is 11.0. The van der Waals surface area contributed by atoms with Crippen LogP contribution < -0.4 is 5.32 Å². The first-order valence-corrected chi connectivity index (χ1v) is 6.62. The second kappa shape index (κ2) is 5.82. The van der Waals surface area contributed by atoms with Crippen LogP contribution in [0.2, 0.25) is 0 Å². The molecule has 0 aliphatic heterocycles. The number of hydrogen-bond acceptors (Lipinski definition) is 3. The summed E-state index contributed by atoms with van der Waals surface area (Å²) in [6, 6.07) is 6.48. The van der Waals surface area contributed by atoms with Crippen LogP contribution in [-0.4, -0.2) is 16.9 Å². The minimum atomic E-state index is -0.437. The van der Waals surface area contributed by atoms with E-state index >= 15 is 0 Å². The number of amides is 1. The lowest BCUT2D eigenvalue weighted by atomic mass is 9.99. The first-order valence-electron chi connectivity index (χ1n) is 6.62. The smallest absolute Gasteiger partial charge is 0.269 e. The lowest BCUT2D eigenvalue weighted by Gasteiger charge is -2.16. The third-order valence-electron chi connectivity index (χ3n) is 3.70. The summed E-state index contributed by atoms with van der Waals surface area (Å²) in [6.45, 7) is 1.82. The minimum absolute atomic E-state index is 0.000697. The molecule has 1 aliphatic rings. The number of non-ortho nitro benzene ring substituents is 1. The largest absolute Gasteiger partial charge is 0.353 e. The molecule has 19 heavy (non-hydrogen) atoms. The van der Waals surface area contributed by atoms with E-state index in [1.807, 2.05) is 6.92 Å². The third kappa shape index (κ3) is 3.30. The van der Waals surface area contributed by atoms with Crippen LogP contribution in [0.1, 0.15) is 44.1 Å². The van der Waals surface area contributed by atoms with Gasteiger partial charge >= 0.3 is 0 Å². The number of carbonyl (C=O) groups excluding carboxylic acids is 1.